The fourth-order valence-electron chi connectivity index (χ4n) is 2.26. The highest BCUT2D eigenvalue weighted by atomic mass is 16.2. The van der Waals surface area contributed by atoms with Gasteiger partial charge in [0.05, 0.1) is 0 Å². The molecule has 0 unspecified atom stereocenters. The van der Waals surface area contributed by atoms with E-state index >= 15 is 0 Å². The lowest BCUT2D eigenvalue weighted by atomic mass is 10.0. The van der Waals surface area contributed by atoms with Gasteiger partial charge in [-0.15, -0.1) is 0 Å². The highest BCUT2D eigenvalue weighted by Gasteiger charge is 2.19. The Hall–Kier alpha value is -0.860. The van der Waals surface area contributed by atoms with Crippen LogP contribution in [0.2, 0.25) is 0 Å². The summed E-state index contributed by atoms with van der Waals surface area (Å²) in [6.07, 6.45) is 7.86. The van der Waals surface area contributed by atoms with Gasteiger partial charge in [0, 0.05) is 25.4 Å². The zero-order valence-electron chi connectivity index (χ0n) is 10.3. The lowest BCUT2D eigenvalue weighted by Gasteiger charge is -2.21. The fourth-order valence-corrected chi connectivity index (χ4v) is 2.26. The van der Waals surface area contributed by atoms with Crippen LogP contribution in [-0.2, 0) is 9.59 Å². The van der Waals surface area contributed by atoms with Crippen molar-refractivity contribution < 1.29 is 9.59 Å². The molecule has 1 heterocycles. The molecule has 0 spiro atoms. The lowest BCUT2D eigenvalue weighted by molar-refractivity contribution is -0.133. The smallest absolute Gasteiger partial charge is 0.223 e. The van der Waals surface area contributed by atoms with E-state index in [0.717, 1.165) is 45.1 Å². The molecule has 1 rings (SSSR count). The number of amides is 1. The van der Waals surface area contributed by atoms with Crippen LogP contribution in [0.5, 0.6) is 0 Å². The van der Waals surface area contributed by atoms with Gasteiger partial charge in [0.15, 0.2) is 0 Å². The minimum Gasteiger partial charge on any atom is -0.343 e. The Morgan fingerprint density at radius 1 is 1.25 bits per heavy atom. The molecule has 1 amide bonds. The average Bonchev–Trinajstić information content (AvgIpc) is 2.56. The Bertz CT molecular complexity index is 220. The van der Waals surface area contributed by atoms with Gasteiger partial charge >= 0.3 is 0 Å². The molecule has 1 saturated heterocycles. The number of hydrogen-bond donors (Lipinski definition) is 0. The van der Waals surface area contributed by atoms with Crippen molar-refractivity contribution in [2.75, 3.05) is 13.1 Å². The summed E-state index contributed by atoms with van der Waals surface area (Å²) >= 11 is 0. The van der Waals surface area contributed by atoms with Crippen molar-refractivity contribution in [1.29, 1.82) is 0 Å². The summed E-state index contributed by atoms with van der Waals surface area (Å²) in [5.41, 5.74) is 0. The standard InChI is InChI=1S/C13H23NO2/c1-2-7-12(11-15)10-13(16)14-8-5-3-4-6-9-14/h11-12H,2-10H2,1H3/t12-/m1/s1. The fraction of sp³-hybridized carbons (Fsp3) is 0.846. The second-order valence-corrected chi connectivity index (χ2v) is 4.68. The average molecular weight is 225 g/mol. The Balaban J connectivity index is 2.39. The predicted molar refractivity (Wildman–Crippen MR) is 64.1 cm³/mol. The van der Waals surface area contributed by atoms with Gasteiger partial charge in [-0.2, -0.15) is 0 Å². The van der Waals surface area contributed by atoms with Crippen molar-refractivity contribution in [1.82, 2.24) is 4.90 Å². The maximum Gasteiger partial charge on any atom is 0.223 e. The summed E-state index contributed by atoms with van der Waals surface area (Å²) in [4.78, 5) is 24.7. The van der Waals surface area contributed by atoms with Crippen LogP contribution in [0.25, 0.3) is 0 Å². The van der Waals surface area contributed by atoms with Crippen LogP contribution in [0, 0.1) is 5.92 Å². The first kappa shape index (κ1) is 13.2. The minimum absolute atomic E-state index is 0.0687. The number of nitrogens with zero attached hydrogens (tertiary/aromatic N) is 1. The zero-order valence-corrected chi connectivity index (χ0v) is 10.3. The highest BCUT2D eigenvalue weighted by molar-refractivity contribution is 5.79. The number of hydrogen-bond acceptors (Lipinski definition) is 2. The molecule has 0 aromatic rings. The normalized spacial score (nSPS) is 18.9. The third kappa shape index (κ3) is 4.33. The molecule has 0 aromatic heterocycles. The molecule has 1 atom stereocenters. The van der Waals surface area contributed by atoms with Crippen molar-refractivity contribution >= 4 is 12.2 Å². The van der Waals surface area contributed by atoms with E-state index in [-0.39, 0.29) is 11.8 Å². The molecule has 0 N–H and O–H groups in total. The van der Waals surface area contributed by atoms with Gasteiger partial charge in [0.2, 0.25) is 5.91 Å². The van der Waals surface area contributed by atoms with Crippen molar-refractivity contribution in [2.24, 2.45) is 5.92 Å². The van der Waals surface area contributed by atoms with Crippen molar-refractivity contribution in [3.05, 3.63) is 0 Å². The number of carbonyl (C=O) groups is 2. The van der Waals surface area contributed by atoms with Crippen LogP contribution in [0.4, 0.5) is 0 Å². The molecule has 0 aliphatic carbocycles. The second kappa shape index (κ2) is 7.42. The van der Waals surface area contributed by atoms with Crippen LogP contribution in [0.15, 0.2) is 0 Å². The van der Waals surface area contributed by atoms with Crippen LogP contribution < -0.4 is 0 Å². The zero-order chi connectivity index (χ0) is 11.8. The minimum atomic E-state index is -0.0687. The van der Waals surface area contributed by atoms with Crippen LogP contribution in [0.3, 0.4) is 0 Å². The molecule has 0 aromatic carbocycles. The number of carbonyl (C=O) groups excluding carboxylic acids is 2. The summed E-state index contributed by atoms with van der Waals surface area (Å²) in [5.74, 6) is 0.105. The van der Waals surface area contributed by atoms with Gasteiger partial charge in [-0.1, -0.05) is 26.2 Å². The topological polar surface area (TPSA) is 37.4 Å². The van der Waals surface area contributed by atoms with Crippen molar-refractivity contribution in [3.8, 4) is 0 Å². The molecular weight excluding hydrogens is 202 g/mol. The predicted octanol–water partition coefficient (Wildman–Crippen LogP) is 2.39. The van der Waals surface area contributed by atoms with E-state index in [1.807, 2.05) is 11.8 Å². The van der Waals surface area contributed by atoms with Crippen LogP contribution >= 0.6 is 0 Å². The molecule has 0 radical (unpaired) electrons. The molecule has 1 aliphatic heterocycles. The number of rotatable bonds is 5. The van der Waals surface area contributed by atoms with Gasteiger partial charge in [0.1, 0.15) is 6.29 Å². The molecule has 1 fully saturated rings. The Morgan fingerprint density at radius 3 is 2.38 bits per heavy atom. The first-order valence-corrected chi connectivity index (χ1v) is 6.51. The first-order valence-electron chi connectivity index (χ1n) is 6.51. The molecule has 0 saturated carbocycles. The second-order valence-electron chi connectivity index (χ2n) is 4.68. The van der Waals surface area contributed by atoms with Gasteiger partial charge in [0.25, 0.3) is 0 Å². The van der Waals surface area contributed by atoms with E-state index in [1.54, 1.807) is 0 Å². The first-order chi connectivity index (χ1) is 7.77. The summed E-state index contributed by atoms with van der Waals surface area (Å²) in [7, 11) is 0. The van der Waals surface area contributed by atoms with Gasteiger partial charge in [-0.3, -0.25) is 4.79 Å². The van der Waals surface area contributed by atoms with E-state index in [0.29, 0.717) is 6.42 Å². The molecule has 16 heavy (non-hydrogen) atoms. The molecule has 1 aliphatic rings. The third-order valence-electron chi connectivity index (χ3n) is 3.25. The quantitative estimate of drug-likeness (QED) is 0.674. The summed E-state index contributed by atoms with van der Waals surface area (Å²) in [5, 5.41) is 0. The Morgan fingerprint density at radius 2 is 1.88 bits per heavy atom. The number of likely N-dealkylation sites (tertiary alicyclic amines) is 1. The van der Waals surface area contributed by atoms with E-state index in [9.17, 15) is 9.59 Å². The van der Waals surface area contributed by atoms with E-state index in [1.165, 1.54) is 12.8 Å². The summed E-state index contributed by atoms with van der Waals surface area (Å²) in [6, 6.07) is 0. The molecule has 92 valence electrons. The maximum atomic E-state index is 12.0. The molecule has 0 bridgehead atoms. The largest absolute Gasteiger partial charge is 0.343 e. The lowest BCUT2D eigenvalue weighted by Crippen LogP contribution is -2.33. The van der Waals surface area contributed by atoms with E-state index in [4.69, 9.17) is 0 Å². The highest BCUT2D eigenvalue weighted by Crippen LogP contribution is 2.14. The third-order valence-corrected chi connectivity index (χ3v) is 3.25. The monoisotopic (exact) mass is 225 g/mol. The molecule has 3 nitrogen and oxygen atoms in total. The SMILES string of the molecule is CCC[C@@H](C=O)CC(=O)N1CCCCCC1. The maximum absolute atomic E-state index is 12.0. The van der Waals surface area contributed by atoms with E-state index in [2.05, 4.69) is 0 Å². The van der Waals surface area contributed by atoms with Gasteiger partial charge in [-0.25, -0.2) is 0 Å². The van der Waals surface area contributed by atoms with Gasteiger partial charge in [-0.05, 0) is 19.3 Å². The summed E-state index contributed by atoms with van der Waals surface area (Å²) in [6.45, 7) is 3.82. The van der Waals surface area contributed by atoms with Crippen LogP contribution in [-0.4, -0.2) is 30.2 Å². The Labute approximate surface area is 98.2 Å². The van der Waals surface area contributed by atoms with Gasteiger partial charge < -0.3 is 9.69 Å². The van der Waals surface area contributed by atoms with Crippen molar-refractivity contribution in [2.45, 2.75) is 51.9 Å². The van der Waals surface area contributed by atoms with Crippen LogP contribution in [0.1, 0.15) is 51.9 Å². The van der Waals surface area contributed by atoms with Crippen molar-refractivity contribution in [3.63, 3.8) is 0 Å². The Kier molecular flexibility index (Phi) is 6.12. The molecular formula is C13H23NO2. The summed E-state index contributed by atoms with van der Waals surface area (Å²) < 4.78 is 0. The number of aldehydes is 1. The van der Waals surface area contributed by atoms with E-state index < -0.39 is 0 Å². The molecule has 3 heteroatoms.